The van der Waals surface area contributed by atoms with E-state index in [0.29, 0.717) is 23.5 Å². The summed E-state index contributed by atoms with van der Waals surface area (Å²) in [6, 6.07) is 8.62. The normalized spacial score (nSPS) is 15.2. The third kappa shape index (κ3) is 5.36. The van der Waals surface area contributed by atoms with Gasteiger partial charge in [-0.15, -0.1) is 0 Å². The number of hydrogen-bond donors (Lipinski definition) is 1. The van der Waals surface area contributed by atoms with Crippen molar-refractivity contribution >= 4 is 92.4 Å². The van der Waals surface area contributed by atoms with Crippen LogP contribution in [0.3, 0.4) is 0 Å². The molecule has 160 valence electrons. The van der Waals surface area contributed by atoms with Crippen LogP contribution in [0.5, 0.6) is 5.75 Å². The SMILES string of the molecule is COC(=O)COc1c(I)cc(/C=C2\C(=O)NC(=O)N(c3ccc(Cl)cc3)C2=O)cc1I. The Morgan fingerprint density at radius 2 is 1.74 bits per heavy atom. The lowest BCUT2D eigenvalue weighted by Crippen LogP contribution is -2.54. The Kier molecular flexibility index (Phi) is 7.54. The van der Waals surface area contributed by atoms with Crippen molar-refractivity contribution in [3.63, 3.8) is 0 Å². The van der Waals surface area contributed by atoms with Gasteiger partial charge >= 0.3 is 12.0 Å². The molecule has 0 radical (unpaired) electrons. The molecule has 2 aromatic rings. The zero-order valence-corrected chi connectivity index (χ0v) is 20.9. The minimum Gasteiger partial charge on any atom is -0.480 e. The first-order chi connectivity index (χ1) is 14.7. The maximum atomic E-state index is 12.9. The molecule has 0 saturated carbocycles. The first kappa shape index (κ1) is 23.5. The number of urea groups is 1. The number of methoxy groups -OCH3 is 1. The molecule has 3 rings (SSSR count). The van der Waals surface area contributed by atoms with Gasteiger partial charge in [-0.2, -0.15) is 0 Å². The number of ether oxygens (including phenoxy) is 2. The number of esters is 1. The van der Waals surface area contributed by atoms with Crippen LogP contribution in [0.15, 0.2) is 42.0 Å². The van der Waals surface area contributed by atoms with Crippen molar-refractivity contribution < 1.29 is 28.7 Å². The molecule has 0 aliphatic carbocycles. The highest BCUT2D eigenvalue weighted by Crippen LogP contribution is 2.31. The first-order valence-electron chi connectivity index (χ1n) is 8.57. The summed E-state index contributed by atoms with van der Waals surface area (Å²) in [6.45, 7) is -0.248. The summed E-state index contributed by atoms with van der Waals surface area (Å²) < 4.78 is 11.4. The summed E-state index contributed by atoms with van der Waals surface area (Å²) in [6.07, 6.45) is 1.39. The fourth-order valence-corrected chi connectivity index (χ4v) is 4.89. The molecule has 1 heterocycles. The van der Waals surface area contributed by atoms with Crippen LogP contribution in [0.4, 0.5) is 10.5 Å². The molecule has 0 spiro atoms. The summed E-state index contributed by atoms with van der Waals surface area (Å²) in [5.74, 6) is -1.59. The predicted octanol–water partition coefficient (Wildman–Crippen LogP) is 3.77. The molecule has 1 aliphatic rings. The Morgan fingerprint density at radius 1 is 1.13 bits per heavy atom. The molecule has 31 heavy (non-hydrogen) atoms. The van der Waals surface area contributed by atoms with Gasteiger partial charge in [0.1, 0.15) is 11.3 Å². The largest absolute Gasteiger partial charge is 0.480 e. The Morgan fingerprint density at radius 3 is 2.32 bits per heavy atom. The molecule has 1 N–H and O–H groups in total. The molecule has 8 nitrogen and oxygen atoms in total. The van der Waals surface area contributed by atoms with E-state index in [9.17, 15) is 19.2 Å². The second-order valence-corrected chi connectivity index (χ2v) is 8.87. The molecule has 0 bridgehead atoms. The number of hydrogen-bond acceptors (Lipinski definition) is 6. The molecule has 1 fully saturated rings. The van der Waals surface area contributed by atoms with Gasteiger partial charge in [-0.1, -0.05) is 11.6 Å². The molecule has 1 aliphatic heterocycles. The Hall–Kier alpha value is -2.19. The van der Waals surface area contributed by atoms with Gasteiger partial charge < -0.3 is 9.47 Å². The standard InChI is InChI=1S/C20H13ClI2N2O6/c1-30-16(26)9-31-17-14(22)7-10(8-15(17)23)6-13-18(27)24-20(29)25(19(13)28)12-4-2-11(21)3-5-12/h2-8H,9H2,1H3,(H,24,27,29)/b13-6+. The van der Waals surface area contributed by atoms with E-state index in [1.54, 1.807) is 12.1 Å². The predicted molar refractivity (Wildman–Crippen MR) is 130 cm³/mol. The fraction of sp³-hybridized carbons (Fsp3) is 0.100. The van der Waals surface area contributed by atoms with Gasteiger partial charge in [-0.25, -0.2) is 14.5 Å². The molecule has 1 saturated heterocycles. The number of benzene rings is 2. The second kappa shape index (κ2) is 9.96. The number of halogens is 3. The summed E-state index contributed by atoms with van der Waals surface area (Å²) >= 11 is 9.91. The lowest BCUT2D eigenvalue weighted by molar-refractivity contribution is -0.143. The minimum absolute atomic E-state index is 0.204. The van der Waals surface area contributed by atoms with E-state index in [0.717, 1.165) is 4.90 Å². The van der Waals surface area contributed by atoms with Crippen molar-refractivity contribution in [2.75, 3.05) is 18.6 Å². The average Bonchev–Trinajstić information content (AvgIpc) is 2.71. The van der Waals surface area contributed by atoms with Crippen LogP contribution in [0, 0.1) is 7.14 Å². The Bertz CT molecular complexity index is 1090. The summed E-state index contributed by atoms with van der Waals surface area (Å²) in [5.41, 5.74) is 0.619. The van der Waals surface area contributed by atoms with E-state index < -0.39 is 23.8 Å². The summed E-state index contributed by atoms with van der Waals surface area (Å²) in [5, 5.41) is 2.61. The summed E-state index contributed by atoms with van der Waals surface area (Å²) in [4.78, 5) is 49.7. The number of rotatable bonds is 5. The fourth-order valence-electron chi connectivity index (χ4n) is 2.64. The number of nitrogens with zero attached hydrogens (tertiary/aromatic N) is 1. The lowest BCUT2D eigenvalue weighted by Gasteiger charge is -2.26. The molecular weight excluding hydrogens is 653 g/mol. The average molecular weight is 667 g/mol. The third-order valence-corrected chi connectivity index (χ3v) is 5.93. The quantitative estimate of drug-likeness (QED) is 0.226. The van der Waals surface area contributed by atoms with Crippen LogP contribution in [0.1, 0.15) is 5.56 Å². The zero-order chi connectivity index (χ0) is 22.7. The van der Waals surface area contributed by atoms with Crippen LogP contribution in [-0.4, -0.2) is 37.5 Å². The highest BCUT2D eigenvalue weighted by atomic mass is 127. The topological polar surface area (TPSA) is 102 Å². The highest BCUT2D eigenvalue weighted by Gasteiger charge is 2.36. The van der Waals surface area contributed by atoms with Crippen molar-refractivity contribution in [3.8, 4) is 5.75 Å². The number of carbonyl (C=O) groups excluding carboxylic acids is 4. The van der Waals surface area contributed by atoms with Crippen molar-refractivity contribution in [1.29, 1.82) is 0 Å². The van der Waals surface area contributed by atoms with E-state index in [1.165, 1.54) is 37.5 Å². The molecule has 2 aromatic carbocycles. The van der Waals surface area contributed by atoms with Gasteiger partial charge in [0.15, 0.2) is 6.61 Å². The van der Waals surface area contributed by atoms with Crippen molar-refractivity contribution in [2.24, 2.45) is 0 Å². The maximum Gasteiger partial charge on any atom is 0.343 e. The number of amides is 4. The van der Waals surface area contributed by atoms with Crippen LogP contribution in [0.25, 0.3) is 6.08 Å². The van der Waals surface area contributed by atoms with Gasteiger partial charge in [-0.05, 0) is 93.2 Å². The monoisotopic (exact) mass is 666 g/mol. The van der Waals surface area contributed by atoms with Crippen molar-refractivity contribution in [3.05, 3.63) is 59.7 Å². The van der Waals surface area contributed by atoms with Crippen LogP contribution in [-0.2, 0) is 19.1 Å². The molecule has 0 aromatic heterocycles. The number of carbonyl (C=O) groups is 4. The van der Waals surface area contributed by atoms with Crippen molar-refractivity contribution in [1.82, 2.24) is 5.32 Å². The van der Waals surface area contributed by atoms with Crippen LogP contribution >= 0.6 is 56.8 Å². The van der Waals surface area contributed by atoms with Crippen LogP contribution < -0.4 is 15.0 Å². The lowest BCUT2D eigenvalue weighted by atomic mass is 10.1. The van der Waals surface area contributed by atoms with Gasteiger partial charge in [-0.3, -0.25) is 14.9 Å². The molecular formula is C20H13ClI2N2O6. The molecule has 0 atom stereocenters. The van der Waals surface area contributed by atoms with Crippen LogP contribution in [0.2, 0.25) is 5.02 Å². The number of imide groups is 2. The molecule has 0 unspecified atom stereocenters. The number of anilines is 1. The van der Waals surface area contributed by atoms with E-state index in [4.69, 9.17) is 16.3 Å². The van der Waals surface area contributed by atoms with E-state index in [1.807, 2.05) is 45.2 Å². The Labute approximate surface area is 209 Å². The summed E-state index contributed by atoms with van der Waals surface area (Å²) in [7, 11) is 1.27. The molecule has 4 amide bonds. The zero-order valence-electron chi connectivity index (χ0n) is 15.8. The maximum absolute atomic E-state index is 12.9. The second-order valence-electron chi connectivity index (χ2n) is 6.11. The van der Waals surface area contributed by atoms with Gasteiger partial charge in [0.05, 0.1) is 19.9 Å². The van der Waals surface area contributed by atoms with Gasteiger partial charge in [0, 0.05) is 5.02 Å². The smallest absolute Gasteiger partial charge is 0.343 e. The Balaban J connectivity index is 1.93. The first-order valence-corrected chi connectivity index (χ1v) is 11.1. The van der Waals surface area contributed by atoms with Gasteiger partial charge in [0.2, 0.25) is 0 Å². The van der Waals surface area contributed by atoms with E-state index in [-0.39, 0.29) is 17.9 Å². The number of barbiturate groups is 1. The van der Waals surface area contributed by atoms with Crippen molar-refractivity contribution in [2.45, 2.75) is 0 Å². The molecule has 11 heteroatoms. The van der Waals surface area contributed by atoms with E-state index in [2.05, 4.69) is 10.1 Å². The third-order valence-electron chi connectivity index (χ3n) is 4.08. The minimum atomic E-state index is -0.842. The highest BCUT2D eigenvalue weighted by molar-refractivity contribution is 14.1. The number of nitrogens with one attached hydrogen (secondary N) is 1. The van der Waals surface area contributed by atoms with Gasteiger partial charge in [0.25, 0.3) is 11.8 Å². The van der Waals surface area contributed by atoms with E-state index >= 15 is 0 Å².